The summed E-state index contributed by atoms with van der Waals surface area (Å²) >= 11 is 0. The zero-order valence-electron chi connectivity index (χ0n) is 16.9. The fourth-order valence-corrected chi connectivity index (χ4v) is 4.46. The zero-order chi connectivity index (χ0) is 21.7. The fourth-order valence-electron chi connectivity index (χ4n) is 3.35. The zero-order valence-corrected chi connectivity index (χ0v) is 17.7. The number of amides is 1. The van der Waals surface area contributed by atoms with Crippen LogP contribution in [-0.4, -0.2) is 52.5 Å². The molecule has 9 heteroatoms. The monoisotopic (exact) mass is 432 g/mol. The molecule has 1 fully saturated rings. The lowest BCUT2D eigenvalue weighted by Gasteiger charge is -2.27. The Bertz CT molecular complexity index is 1050. The number of esters is 1. The van der Waals surface area contributed by atoms with Crippen LogP contribution in [0.2, 0.25) is 0 Å². The Morgan fingerprint density at radius 2 is 1.67 bits per heavy atom. The van der Waals surface area contributed by atoms with E-state index >= 15 is 0 Å². The van der Waals surface area contributed by atoms with Gasteiger partial charge in [-0.25, -0.2) is 13.2 Å². The third kappa shape index (κ3) is 4.56. The lowest BCUT2D eigenvalue weighted by molar-refractivity contribution is 0.0601. The average Bonchev–Trinajstić information content (AvgIpc) is 2.78. The molecule has 0 aromatic heterocycles. The van der Waals surface area contributed by atoms with Crippen LogP contribution in [-0.2, 0) is 14.8 Å². The van der Waals surface area contributed by atoms with E-state index in [4.69, 9.17) is 9.47 Å². The number of methoxy groups -OCH3 is 2. The van der Waals surface area contributed by atoms with E-state index in [-0.39, 0.29) is 27.6 Å². The lowest BCUT2D eigenvalue weighted by atomic mass is 10.1. The topological polar surface area (TPSA) is 102 Å². The highest BCUT2D eigenvalue weighted by molar-refractivity contribution is 7.92. The molecule has 2 aromatic carbocycles. The summed E-state index contributed by atoms with van der Waals surface area (Å²) in [6.45, 7) is 1.26. The molecule has 0 unspecified atom stereocenters. The molecule has 0 bridgehead atoms. The Morgan fingerprint density at radius 3 is 2.33 bits per heavy atom. The van der Waals surface area contributed by atoms with Gasteiger partial charge in [-0.1, -0.05) is 12.1 Å². The van der Waals surface area contributed by atoms with Crippen LogP contribution in [0.4, 0.5) is 5.69 Å². The van der Waals surface area contributed by atoms with Gasteiger partial charge in [0, 0.05) is 13.1 Å². The van der Waals surface area contributed by atoms with Gasteiger partial charge in [0.1, 0.15) is 5.75 Å². The number of likely N-dealkylation sites (tertiary alicyclic amines) is 1. The molecule has 1 aliphatic heterocycles. The summed E-state index contributed by atoms with van der Waals surface area (Å²) in [5.74, 6) is -0.623. The molecule has 2 aromatic rings. The quantitative estimate of drug-likeness (QED) is 0.704. The van der Waals surface area contributed by atoms with Gasteiger partial charge in [0.25, 0.3) is 15.9 Å². The Balaban J connectivity index is 1.95. The van der Waals surface area contributed by atoms with Gasteiger partial charge in [0.15, 0.2) is 0 Å². The minimum absolute atomic E-state index is 0.0849. The van der Waals surface area contributed by atoms with Crippen molar-refractivity contribution in [2.75, 3.05) is 32.0 Å². The molecule has 160 valence electrons. The van der Waals surface area contributed by atoms with Crippen LogP contribution in [0, 0.1) is 0 Å². The molecule has 30 heavy (non-hydrogen) atoms. The van der Waals surface area contributed by atoms with E-state index in [1.54, 1.807) is 17.0 Å². The third-order valence-electron chi connectivity index (χ3n) is 4.93. The number of hydrogen-bond acceptors (Lipinski definition) is 6. The van der Waals surface area contributed by atoms with Crippen molar-refractivity contribution < 1.29 is 27.5 Å². The van der Waals surface area contributed by atoms with Gasteiger partial charge in [-0.05, 0) is 49.6 Å². The van der Waals surface area contributed by atoms with Crippen molar-refractivity contribution in [2.24, 2.45) is 0 Å². The first kappa shape index (κ1) is 21.6. The van der Waals surface area contributed by atoms with Gasteiger partial charge < -0.3 is 14.4 Å². The van der Waals surface area contributed by atoms with Crippen molar-refractivity contribution in [3.63, 3.8) is 0 Å². The van der Waals surface area contributed by atoms with Crippen LogP contribution >= 0.6 is 0 Å². The summed E-state index contributed by atoms with van der Waals surface area (Å²) in [5.41, 5.74) is 0.356. The second kappa shape index (κ2) is 9.17. The average molecular weight is 432 g/mol. The molecule has 1 heterocycles. The number of piperidine rings is 1. The number of hydrogen-bond donors (Lipinski definition) is 1. The van der Waals surface area contributed by atoms with Crippen LogP contribution in [0.5, 0.6) is 5.75 Å². The molecular weight excluding hydrogens is 408 g/mol. The van der Waals surface area contributed by atoms with Crippen molar-refractivity contribution in [1.82, 2.24) is 4.90 Å². The number of sulfonamides is 1. The summed E-state index contributed by atoms with van der Waals surface area (Å²) in [7, 11) is -1.42. The highest BCUT2D eigenvalue weighted by atomic mass is 32.2. The number of anilines is 1. The highest BCUT2D eigenvalue weighted by Gasteiger charge is 2.25. The van der Waals surface area contributed by atoms with Gasteiger partial charge in [0.2, 0.25) is 0 Å². The Morgan fingerprint density at radius 1 is 0.967 bits per heavy atom. The largest absolute Gasteiger partial charge is 0.496 e. The summed E-state index contributed by atoms with van der Waals surface area (Å²) in [6, 6.07) is 10.2. The van der Waals surface area contributed by atoms with Crippen molar-refractivity contribution in [1.29, 1.82) is 0 Å². The van der Waals surface area contributed by atoms with Gasteiger partial charge in [0.05, 0.1) is 35.9 Å². The van der Waals surface area contributed by atoms with Crippen molar-refractivity contribution in [3.8, 4) is 5.75 Å². The highest BCUT2D eigenvalue weighted by Crippen LogP contribution is 2.27. The van der Waals surface area contributed by atoms with Crippen LogP contribution < -0.4 is 9.46 Å². The van der Waals surface area contributed by atoms with Crippen molar-refractivity contribution in [3.05, 3.63) is 53.6 Å². The fraction of sp³-hybridized carbons (Fsp3) is 0.333. The molecule has 1 amide bonds. The first-order valence-corrected chi connectivity index (χ1v) is 11.0. The summed E-state index contributed by atoms with van der Waals surface area (Å²) < 4.78 is 38.4. The number of nitrogens with zero attached hydrogens (tertiary/aromatic N) is 1. The normalized spacial score (nSPS) is 14.1. The lowest BCUT2D eigenvalue weighted by Crippen LogP contribution is -2.35. The number of rotatable bonds is 6. The summed E-state index contributed by atoms with van der Waals surface area (Å²) in [4.78, 5) is 26.5. The smallest absolute Gasteiger partial charge is 0.339 e. The number of benzene rings is 2. The molecule has 0 aliphatic carbocycles. The number of carbonyl (C=O) groups is 2. The molecule has 1 saturated heterocycles. The van der Waals surface area contributed by atoms with Gasteiger partial charge >= 0.3 is 5.97 Å². The molecule has 8 nitrogen and oxygen atoms in total. The Hall–Kier alpha value is -3.07. The van der Waals surface area contributed by atoms with E-state index in [0.717, 1.165) is 19.3 Å². The van der Waals surface area contributed by atoms with Crippen molar-refractivity contribution >= 4 is 27.6 Å². The molecule has 0 spiro atoms. The maximum atomic E-state index is 13.0. The number of para-hydroxylation sites is 1. The molecule has 1 N–H and O–H groups in total. The van der Waals surface area contributed by atoms with E-state index in [1.807, 2.05) is 0 Å². The van der Waals surface area contributed by atoms with Crippen LogP contribution in [0.3, 0.4) is 0 Å². The molecule has 0 atom stereocenters. The van der Waals surface area contributed by atoms with E-state index < -0.39 is 16.0 Å². The maximum Gasteiger partial charge on any atom is 0.339 e. The number of nitrogens with one attached hydrogen (secondary N) is 1. The van der Waals surface area contributed by atoms with Gasteiger partial charge in [-0.3, -0.25) is 9.52 Å². The first-order valence-electron chi connectivity index (χ1n) is 9.55. The van der Waals surface area contributed by atoms with E-state index in [9.17, 15) is 18.0 Å². The summed E-state index contributed by atoms with van der Waals surface area (Å²) in [5, 5.41) is 0. The number of ether oxygens (including phenoxy) is 2. The number of carbonyl (C=O) groups excluding carboxylic acids is 2. The molecular formula is C21H24N2O6S. The van der Waals surface area contributed by atoms with Gasteiger partial charge in [-0.2, -0.15) is 0 Å². The standard InChI is InChI=1S/C21H24N2O6S/c1-28-19-11-10-15(14-17(19)20(24)23-12-6-3-7-13-23)30(26,27)22-18-9-5-4-8-16(18)21(25)29-2/h4-5,8-11,14,22H,3,6-7,12-13H2,1-2H3. The molecule has 3 rings (SSSR count). The second-order valence-electron chi connectivity index (χ2n) is 6.86. The van der Waals surface area contributed by atoms with Crippen LogP contribution in [0.15, 0.2) is 47.4 Å². The minimum atomic E-state index is -4.07. The second-order valence-corrected chi connectivity index (χ2v) is 8.54. The minimum Gasteiger partial charge on any atom is -0.496 e. The maximum absolute atomic E-state index is 13.0. The van der Waals surface area contributed by atoms with Gasteiger partial charge in [-0.15, -0.1) is 0 Å². The Kier molecular flexibility index (Phi) is 6.61. The van der Waals surface area contributed by atoms with E-state index in [1.165, 1.54) is 44.6 Å². The predicted octanol–water partition coefficient (Wildman–Crippen LogP) is 2.91. The third-order valence-corrected chi connectivity index (χ3v) is 6.29. The first-order chi connectivity index (χ1) is 14.4. The van der Waals surface area contributed by atoms with Crippen molar-refractivity contribution in [2.45, 2.75) is 24.2 Å². The molecule has 1 aliphatic rings. The van der Waals surface area contributed by atoms with E-state index in [2.05, 4.69) is 4.72 Å². The van der Waals surface area contributed by atoms with Crippen LogP contribution in [0.25, 0.3) is 0 Å². The Labute approximate surface area is 175 Å². The van der Waals surface area contributed by atoms with Crippen LogP contribution in [0.1, 0.15) is 40.0 Å². The molecule has 0 radical (unpaired) electrons. The van der Waals surface area contributed by atoms with E-state index in [0.29, 0.717) is 18.8 Å². The SMILES string of the molecule is COC(=O)c1ccccc1NS(=O)(=O)c1ccc(OC)c(C(=O)N2CCCCC2)c1. The summed E-state index contributed by atoms with van der Waals surface area (Å²) in [6.07, 6.45) is 2.90. The predicted molar refractivity (Wildman–Crippen MR) is 111 cm³/mol. The molecule has 0 saturated carbocycles.